The molecule has 0 aromatic heterocycles. The van der Waals surface area contributed by atoms with Gasteiger partial charge < -0.3 is 11.1 Å². The fourth-order valence-corrected chi connectivity index (χ4v) is 3.79. The number of nitrogens with one attached hydrogen (secondary N) is 1. The van der Waals surface area contributed by atoms with Crippen LogP contribution in [0.15, 0.2) is 0 Å². The number of carbonyl (C=O) groups is 1. The first kappa shape index (κ1) is 10.9. The fourth-order valence-electron chi connectivity index (χ4n) is 1.93. The van der Waals surface area contributed by atoms with Crippen molar-refractivity contribution in [1.29, 1.82) is 0 Å². The van der Waals surface area contributed by atoms with Crippen LogP contribution < -0.4 is 11.1 Å². The van der Waals surface area contributed by atoms with E-state index in [1.165, 1.54) is 0 Å². The highest BCUT2D eigenvalue weighted by Crippen LogP contribution is 2.27. The van der Waals surface area contributed by atoms with Crippen LogP contribution in [0, 0.1) is 11.8 Å². The highest BCUT2D eigenvalue weighted by atomic mass is 32.2. The van der Waals surface area contributed by atoms with Crippen molar-refractivity contribution in [2.45, 2.75) is 18.9 Å². The second-order valence-corrected chi connectivity index (χ2v) is 6.75. The minimum Gasteiger partial charge on any atom is -0.355 e. The molecule has 0 radical (unpaired) electrons. The minimum absolute atomic E-state index is 0.0114. The summed E-state index contributed by atoms with van der Waals surface area (Å²) in [5.74, 6) is 0.504. The Bertz CT molecular complexity index is 366. The molecule has 1 heterocycles. The number of hydrogen-bond acceptors (Lipinski definition) is 4. The quantitative estimate of drug-likeness (QED) is 0.645. The molecular weight excluding hydrogens is 216 g/mol. The van der Waals surface area contributed by atoms with Crippen LogP contribution in [0.2, 0.25) is 0 Å². The van der Waals surface area contributed by atoms with Crippen LogP contribution in [0.1, 0.15) is 12.8 Å². The summed E-state index contributed by atoms with van der Waals surface area (Å²) in [5.41, 5.74) is 5.54. The lowest BCUT2D eigenvalue weighted by Gasteiger charge is -2.08. The van der Waals surface area contributed by atoms with Crippen molar-refractivity contribution in [3.63, 3.8) is 0 Å². The zero-order chi connectivity index (χ0) is 11.1. The lowest BCUT2D eigenvalue weighted by molar-refractivity contribution is -0.122. The van der Waals surface area contributed by atoms with Gasteiger partial charge in [0.25, 0.3) is 0 Å². The van der Waals surface area contributed by atoms with Gasteiger partial charge in [0.05, 0.1) is 17.4 Å². The highest BCUT2D eigenvalue weighted by Gasteiger charge is 2.40. The van der Waals surface area contributed by atoms with Crippen molar-refractivity contribution < 1.29 is 13.2 Å². The van der Waals surface area contributed by atoms with Crippen LogP contribution in [-0.4, -0.2) is 38.4 Å². The number of carbonyl (C=O) groups excluding carboxylic acids is 1. The van der Waals surface area contributed by atoms with Gasteiger partial charge >= 0.3 is 0 Å². The summed E-state index contributed by atoms with van der Waals surface area (Å²) in [6, 6.07) is 0.0114. The smallest absolute Gasteiger partial charge is 0.224 e. The SMILES string of the molecule is NC1CC1C(=O)NCC1CCS(=O)(=O)C1. The van der Waals surface area contributed by atoms with Crippen molar-refractivity contribution in [2.75, 3.05) is 18.1 Å². The van der Waals surface area contributed by atoms with Gasteiger partial charge in [0.15, 0.2) is 9.84 Å². The van der Waals surface area contributed by atoms with Gasteiger partial charge in [-0.2, -0.15) is 0 Å². The predicted octanol–water partition coefficient (Wildman–Crippen LogP) is -1.12. The van der Waals surface area contributed by atoms with Crippen molar-refractivity contribution in [3.05, 3.63) is 0 Å². The number of amides is 1. The Morgan fingerprint density at radius 3 is 2.60 bits per heavy atom. The van der Waals surface area contributed by atoms with Gasteiger partial charge in [-0.25, -0.2) is 8.42 Å². The first-order valence-corrected chi connectivity index (χ1v) is 7.04. The largest absolute Gasteiger partial charge is 0.355 e. The van der Waals surface area contributed by atoms with E-state index in [0.717, 1.165) is 6.42 Å². The van der Waals surface area contributed by atoms with Gasteiger partial charge in [0, 0.05) is 12.6 Å². The number of nitrogens with two attached hydrogens (primary N) is 1. The van der Waals surface area contributed by atoms with E-state index in [0.29, 0.717) is 13.0 Å². The van der Waals surface area contributed by atoms with Gasteiger partial charge in [-0.1, -0.05) is 0 Å². The van der Waals surface area contributed by atoms with Gasteiger partial charge in [0.2, 0.25) is 5.91 Å². The third kappa shape index (κ3) is 2.69. The molecule has 6 heteroatoms. The Balaban J connectivity index is 1.73. The maximum Gasteiger partial charge on any atom is 0.224 e. The summed E-state index contributed by atoms with van der Waals surface area (Å²) in [5, 5.41) is 2.77. The van der Waals surface area contributed by atoms with Crippen molar-refractivity contribution in [1.82, 2.24) is 5.32 Å². The highest BCUT2D eigenvalue weighted by molar-refractivity contribution is 7.91. The Hall–Kier alpha value is -0.620. The summed E-state index contributed by atoms with van der Waals surface area (Å²) in [6.45, 7) is 0.473. The Morgan fingerprint density at radius 1 is 1.47 bits per heavy atom. The number of sulfone groups is 1. The lowest BCUT2D eigenvalue weighted by Crippen LogP contribution is -2.32. The zero-order valence-electron chi connectivity index (χ0n) is 8.48. The molecule has 2 rings (SSSR count). The molecule has 86 valence electrons. The molecule has 3 unspecified atom stereocenters. The standard InChI is InChI=1S/C9H16N2O3S/c10-8-3-7(8)9(12)11-4-6-1-2-15(13,14)5-6/h6-8H,1-5,10H2,(H,11,12). The van der Waals surface area contributed by atoms with Crippen molar-refractivity contribution in [3.8, 4) is 0 Å². The van der Waals surface area contributed by atoms with E-state index in [1.807, 2.05) is 0 Å². The van der Waals surface area contributed by atoms with E-state index < -0.39 is 9.84 Å². The van der Waals surface area contributed by atoms with E-state index in [2.05, 4.69) is 5.32 Å². The summed E-state index contributed by atoms with van der Waals surface area (Å²) < 4.78 is 22.3. The van der Waals surface area contributed by atoms with Crippen LogP contribution in [0.3, 0.4) is 0 Å². The molecule has 0 bridgehead atoms. The fraction of sp³-hybridized carbons (Fsp3) is 0.889. The van der Waals surface area contributed by atoms with E-state index in [-0.39, 0.29) is 35.3 Å². The first-order valence-electron chi connectivity index (χ1n) is 5.21. The molecule has 1 amide bonds. The van der Waals surface area contributed by atoms with Gasteiger partial charge in [-0.3, -0.25) is 4.79 Å². The molecule has 1 aliphatic heterocycles. The van der Waals surface area contributed by atoms with E-state index >= 15 is 0 Å². The Kier molecular flexibility index (Phi) is 2.72. The van der Waals surface area contributed by atoms with Crippen LogP contribution in [0.4, 0.5) is 0 Å². The second kappa shape index (κ2) is 3.75. The average molecular weight is 232 g/mol. The average Bonchev–Trinajstić information content (AvgIpc) is 2.77. The van der Waals surface area contributed by atoms with Crippen LogP contribution in [-0.2, 0) is 14.6 Å². The lowest BCUT2D eigenvalue weighted by atomic mass is 10.1. The molecule has 3 N–H and O–H groups in total. The normalized spacial score (nSPS) is 37.5. The number of hydrogen-bond donors (Lipinski definition) is 2. The summed E-state index contributed by atoms with van der Waals surface area (Å²) in [7, 11) is -2.83. The predicted molar refractivity (Wildman–Crippen MR) is 55.9 cm³/mol. The molecule has 1 saturated carbocycles. The van der Waals surface area contributed by atoms with Gasteiger partial charge in [0.1, 0.15) is 0 Å². The monoisotopic (exact) mass is 232 g/mol. The summed E-state index contributed by atoms with van der Waals surface area (Å²) in [4.78, 5) is 11.4. The molecule has 0 aromatic carbocycles. The minimum atomic E-state index is -2.83. The maximum absolute atomic E-state index is 11.4. The first-order chi connectivity index (χ1) is 6.98. The molecule has 0 spiro atoms. The van der Waals surface area contributed by atoms with Crippen LogP contribution >= 0.6 is 0 Å². The molecular formula is C9H16N2O3S. The van der Waals surface area contributed by atoms with E-state index in [9.17, 15) is 13.2 Å². The van der Waals surface area contributed by atoms with Gasteiger partial charge in [-0.15, -0.1) is 0 Å². The topological polar surface area (TPSA) is 89.3 Å². The zero-order valence-corrected chi connectivity index (χ0v) is 9.29. The maximum atomic E-state index is 11.4. The second-order valence-electron chi connectivity index (χ2n) is 4.52. The molecule has 5 nitrogen and oxygen atoms in total. The van der Waals surface area contributed by atoms with Crippen LogP contribution in [0.25, 0.3) is 0 Å². The molecule has 1 aliphatic carbocycles. The van der Waals surface area contributed by atoms with Crippen molar-refractivity contribution in [2.24, 2.45) is 17.6 Å². The Morgan fingerprint density at radius 2 is 2.13 bits per heavy atom. The summed E-state index contributed by atoms with van der Waals surface area (Å²) in [6.07, 6.45) is 1.42. The van der Waals surface area contributed by atoms with E-state index in [1.54, 1.807) is 0 Å². The molecule has 15 heavy (non-hydrogen) atoms. The molecule has 3 atom stereocenters. The summed E-state index contributed by atoms with van der Waals surface area (Å²) >= 11 is 0. The third-order valence-corrected chi connectivity index (χ3v) is 4.91. The molecule has 2 aliphatic rings. The van der Waals surface area contributed by atoms with Gasteiger partial charge in [-0.05, 0) is 18.8 Å². The van der Waals surface area contributed by atoms with Crippen molar-refractivity contribution >= 4 is 15.7 Å². The molecule has 2 fully saturated rings. The third-order valence-electron chi connectivity index (χ3n) is 3.07. The molecule has 0 aromatic rings. The number of rotatable bonds is 3. The Labute approximate surface area is 89.3 Å². The molecule has 1 saturated heterocycles. The van der Waals surface area contributed by atoms with E-state index in [4.69, 9.17) is 5.73 Å². The van der Waals surface area contributed by atoms with Crippen LogP contribution in [0.5, 0.6) is 0 Å².